The van der Waals surface area contributed by atoms with Crippen molar-refractivity contribution in [2.75, 3.05) is 20.2 Å². The Morgan fingerprint density at radius 1 is 1.15 bits per heavy atom. The second-order valence-electron chi connectivity index (χ2n) is 5.67. The molecular weight excluding hydrogens is 274 g/mol. The molecule has 5 heteroatoms. The third-order valence-electron chi connectivity index (χ3n) is 4.05. The van der Waals surface area contributed by atoms with Gasteiger partial charge in [-0.3, -0.25) is 0 Å². The minimum Gasteiger partial charge on any atom is -0.496 e. The van der Waals surface area contributed by atoms with Gasteiger partial charge in [0.25, 0.3) is 0 Å². The van der Waals surface area contributed by atoms with E-state index in [4.69, 9.17) is 4.74 Å². The molecule has 20 heavy (non-hydrogen) atoms. The van der Waals surface area contributed by atoms with Crippen LogP contribution in [0.25, 0.3) is 0 Å². The Balaban J connectivity index is 2.39. The molecule has 112 valence electrons. The average molecular weight is 297 g/mol. The Labute approximate surface area is 121 Å². The minimum absolute atomic E-state index is 0.370. The number of hydrogen-bond donors (Lipinski definition) is 0. The van der Waals surface area contributed by atoms with Crippen molar-refractivity contribution in [2.24, 2.45) is 5.92 Å². The monoisotopic (exact) mass is 297 g/mol. The zero-order valence-corrected chi connectivity index (χ0v) is 13.5. The molecule has 0 N–H and O–H groups in total. The molecule has 0 radical (unpaired) electrons. The van der Waals surface area contributed by atoms with Crippen molar-refractivity contribution < 1.29 is 13.2 Å². The van der Waals surface area contributed by atoms with Gasteiger partial charge in [-0.1, -0.05) is 13.0 Å². The third kappa shape index (κ3) is 2.83. The number of nitrogens with zero attached hydrogens (tertiary/aromatic N) is 1. The van der Waals surface area contributed by atoms with E-state index in [0.29, 0.717) is 29.7 Å². The minimum atomic E-state index is -3.41. The van der Waals surface area contributed by atoms with Gasteiger partial charge in [-0.25, -0.2) is 8.42 Å². The Bertz CT molecular complexity index is 587. The predicted octanol–water partition coefficient (Wildman–Crippen LogP) is 2.73. The standard InChI is InChI=1S/C15H23NO3S/c1-11-5-7-16(8-6-11)20(17,18)15-10-14(19-4)12(2)9-13(15)3/h9-11H,5-8H2,1-4H3. The van der Waals surface area contributed by atoms with E-state index in [-0.39, 0.29) is 0 Å². The summed E-state index contributed by atoms with van der Waals surface area (Å²) >= 11 is 0. The van der Waals surface area contributed by atoms with Crippen molar-refractivity contribution in [2.45, 2.75) is 38.5 Å². The number of sulfonamides is 1. The van der Waals surface area contributed by atoms with Crippen molar-refractivity contribution in [1.82, 2.24) is 4.31 Å². The summed E-state index contributed by atoms with van der Waals surface area (Å²) in [6.45, 7) is 7.15. The summed E-state index contributed by atoms with van der Waals surface area (Å²) in [5, 5.41) is 0. The summed E-state index contributed by atoms with van der Waals surface area (Å²) in [7, 11) is -1.85. The van der Waals surface area contributed by atoms with Gasteiger partial charge in [0, 0.05) is 19.2 Å². The van der Waals surface area contributed by atoms with E-state index in [9.17, 15) is 8.42 Å². The summed E-state index contributed by atoms with van der Waals surface area (Å²) in [5.74, 6) is 1.23. The molecule has 0 amide bonds. The largest absolute Gasteiger partial charge is 0.496 e. The van der Waals surface area contributed by atoms with Crippen LogP contribution in [0.15, 0.2) is 17.0 Å². The number of ether oxygens (including phenoxy) is 1. The van der Waals surface area contributed by atoms with E-state index in [2.05, 4.69) is 6.92 Å². The van der Waals surface area contributed by atoms with Crippen molar-refractivity contribution in [1.29, 1.82) is 0 Å². The molecule has 1 aliphatic heterocycles. The van der Waals surface area contributed by atoms with E-state index in [0.717, 1.165) is 24.0 Å². The molecule has 0 aromatic heterocycles. The number of benzene rings is 1. The second kappa shape index (κ2) is 5.74. The second-order valence-corrected chi connectivity index (χ2v) is 7.58. The van der Waals surface area contributed by atoms with Crippen LogP contribution in [0.3, 0.4) is 0 Å². The predicted molar refractivity (Wildman–Crippen MR) is 79.6 cm³/mol. The van der Waals surface area contributed by atoms with E-state index in [1.54, 1.807) is 17.5 Å². The highest BCUT2D eigenvalue weighted by molar-refractivity contribution is 7.89. The summed E-state index contributed by atoms with van der Waals surface area (Å²) in [5.41, 5.74) is 1.73. The molecule has 1 aromatic rings. The van der Waals surface area contributed by atoms with Crippen molar-refractivity contribution in [3.63, 3.8) is 0 Å². The lowest BCUT2D eigenvalue weighted by atomic mass is 10.0. The molecule has 0 unspecified atom stereocenters. The molecule has 1 heterocycles. The van der Waals surface area contributed by atoms with Crippen LogP contribution in [0, 0.1) is 19.8 Å². The smallest absolute Gasteiger partial charge is 0.243 e. The van der Waals surface area contributed by atoms with E-state index >= 15 is 0 Å². The highest BCUT2D eigenvalue weighted by Gasteiger charge is 2.29. The molecule has 4 nitrogen and oxygen atoms in total. The third-order valence-corrected chi connectivity index (χ3v) is 6.09. The van der Waals surface area contributed by atoms with Crippen LogP contribution in [-0.4, -0.2) is 32.9 Å². The molecule has 0 spiro atoms. The molecule has 2 rings (SSSR count). The van der Waals surface area contributed by atoms with Crippen molar-refractivity contribution in [3.8, 4) is 5.75 Å². The van der Waals surface area contributed by atoms with Gasteiger partial charge in [-0.05, 0) is 43.7 Å². The van der Waals surface area contributed by atoms with E-state index in [1.807, 2.05) is 19.9 Å². The van der Waals surface area contributed by atoms with Gasteiger partial charge in [0.05, 0.1) is 12.0 Å². The molecule has 1 aliphatic rings. The fourth-order valence-electron chi connectivity index (χ4n) is 2.68. The number of aryl methyl sites for hydroxylation is 2. The highest BCUT2D eigenvalue weighted by atomic mass is 32.2. The Kier molecular flexibility index (Phi) is 4.39. The summed E-state index contributed by atoms with van der Waals surface area (Å²) in [4.78, 5) is 0.370. The molecule has 0 aliphatic carbocycles. The zero-order chi connectivity index (χ0) is 14.9. The topological polar surface area (TPSA) is 46.6 Å². The fraction of sp³-hybridized carbons (Fsp3) is 0.600. The van der Waals surface area contributed by atoms with Gasteiger partial charge < -0.3 is 4.74 Å². The van der Waals surface area contributed by atoms with Gasteiger partial charge in [-0.2, -0.15) is 4.31 Å². The van der Waals surface area contributed by atoms with Crippen LogP contribution in [0.2, 0.25) is 0 Å². The van der Waals surface area contributed by atoms with E-state index < -0.39 is 10.0 Å². The van der Waals surface area contributed by atoms with Crippen LogP contribution < -0.4 is 4.74 Å². The highest BCUT2D eigenvalue weighted by Crippen LogP contribution is 2.30. The fourth-order valence-corrected chi connectivity index (χ4v) is 4.37. The van der Waals surface area contributed by atoms with Crippen LogP contribution >= 0.6 is 0 Å². The first-order valence-corrected chi connectivity index (χ1v) is 8.45. The van der Waals surface area contributed by atoms with Crippen LogP contribution in [0.4, 0.5) is 0 Å². The first-order chi connectivity index (χ1) is 9.36. The maximum Gasteiger partial charge on any atom is 0.243 e. The zero-order valence-electron chi connectivity index (χ0n) is 12.6. The van der Waals surface area contributed by atoms with Crippen LogP contribution in [0.1, 0.15) is 30.9 Å². The summed E-state index contributed by atoms with van der Waals surface area (Å²) in [6, 6.07) is 3.52. The lowest BCUT2D eigenvalue weighted by Crippen LogP contribution is -2.38. The quantitative estimate of drug-likeness (QED) is 0.862. The summed E-state index contributed by atoms with van der Waals surface area (Å²) in [6.07, 6.45) is 1.86. The molecule has 1 saturated heterocycles. The Hall–Kier alpha value is -1.07. The van der Waals surface area contributed by atoms with Crippen molar-refractivity contribution >= 4 is 10.0 Å². The number of hydrogen-bond acceptors (Lipinski definition) is 3. The van der Waals surface area contributed by atoms with Crippen LogP contribution in [-0.2, 0) is 10.0 Å². The maximum atomic E-state index is 12.8. The number of piperidine rings is 1. The number of rotatable bonds is 3. The van der Waals surface area contributed by atoms with Crippen LogP contribution in [0.5, 0.6) is 5.75 Å². The number of methoxy groups -OCH3 is 1. The van der Waals surface area contributed by atoms with E-state index in [1.165, 1.54) is 0 Å². The van der Waals surface area contributed by atoms with Gasteiger partial charge in [-0.15, -0.1) is 0 Å². The maximum absolute atomic E-state index is 12.8. The normalized spacial score (nSPS) is 18.2. The van der Waals surface area contributed by atoms with Gasteiger partial charge in [0.1, 0.15) is 5.75 Å². The molecule has 1 fully saturated rings. The van der Waals surface area contributed by atoms with Crippen molar-refractivity contribution in [3.05, 3.63) is 23.3 Å². The SMILES string of the molecule is COc1cc(S(=O)(=O)N2CCC(C)CC2)c(C)cc1C. The van der Waals surface area contributed by atoms with Gasteiger partial charge >= 0.3 is 0 Å². The molecular formula is C15H23NO3S. The molecule has 0 atom stereocenters. The van der Waals surface area contributed by atoms with Gasteiger partial charge in [0.2, 0.25) is 10.0 Å². The Morgan fingerprint density at radius 3 is 2.30 bits per heavy atom. The first-order valence-electron chi connectivity index (χ1n) is 7.01. The van der Waals surface area contributed by atoms with Gasteiger partial charge in [0.15, 0.2) is 0 Å². The Morgan fingerprint density at radius 2 is 1.75 bits per heavy atom. The summed E-state index contributed by atoms with van der Waals surface area (Å²) < 4.78 is 32.4. The lowest BCUT2D eigenvalue weighted by Gasteiger charge is -2.30. The first kappa shape index (κ1) is 15.3. The molecule has 1 aromatic carbocycles. The average Bonchev–Trinajstić information content (AvgIpc) is 2.39. The molecule has 0 bridgehead atoms. The lowest BCUT2D eigenvalue weighted by molar-refractivity contribution is 0.288. The molecule has 0 saturated carbocycles.